The number of non-ortho nitro benzene ring substituents is 1. The van der Waals surface area contributed by atoms with Gasteiger partial charge in [0.25, 0.3) is 5.69 Å². The number of benzene rings is 2. The summed E-state index contributed by atoms with van der Waals surface area (Å²) in [6.45, 7) is 0. The molecule has 1 heterocycles. The minimum atomic E-state index is -0.672. The van der Waals surface area contributed by atoms with E-state index in [1.54, 1.807) is 29.8 Å². The largest absolute Gasteiger partial charge is 0.311 e. The molecular formula is C17H12F2N4O2. The van der Waals surface area contributed by atoms with Crippen molar-refractivity contribution in [1.82, 2.24) is 14.8 Å². The summed E-state index contributed by atoms with van der Waals surface area (Å²) in [5, 5.41) is 18.8. The number of nitrogens with zero attached hydrogens (tertiary/aromatic N) is 4. The highest BCUT2D eigenvalue weighted by Crippen LogP contribution is 2.21. The van der Waals surface area contributed by atoms with Crippen LogP contribution in [0.15, 0.2) is 42.5 Å². The van der Waals surface area contributed by atoms with Gasteiger partial charge < -0.3 is 4.57 Å². The summed E-state index contributed by atoms with van der Waals surface area (Å²) in [5.41, 5.74) is 0.868. The Hall–Kier alpha value is -3.42. The zero-order valence-corrected chi connectivity index (χ0v) is 13.1. The average molecular weight is 342 g/mol. The Morgan fingerprint density at radius 3 is 2.44 bits per heavy atom. The van der Waals surface area contributed by atoms with Crippen LogP contribution in [0.3, 0.4) is 0 Å². The molecule has 1 aromatic heterocycles. The van der Waals surface area contributed by atoms with E-state index in [2.05, 4.69) is 10.2 Å². The van der Waals surface area contributed by atoms with Gasteiger partial charge in [-0.05, 0) is 36.4 Å². The van der Waals surface area contributed by atoms with Crippen molar-refractivity contribution in [3.63, 3.8) is 0 Å². The maximum atomic E-state index is 13.6. The number of hydrogen-bond acceptors (Lipinski definition) is 4. The zero-order chi connectivity index (χ0) is 18.0. The number of rotatable bonds is 4. The predicted octanol–water partition coefficient (Wildman–Crippen LogP) is 3.84. The molecule has 0 aliphatic carbocycles. The maximum Gasteiger partial charge on any atom is 0.269 e. The van der Waals surface area contributed by atoms with Crippen LogP contribution in [0.25, 0.3) is 23.5 Å². The lowest BCUT2D eigenvalue weighted by atomic mass is 10.2. The number of nitro groups is 1. The van der Waals surface area contributed by atoms with Gasteiger partial charge in [0, 0.05) is 36.4 Å². The third kappa shape index (κ3) is 3.42. The maximum absolute atomic E-state index is 13.6. The lowest BCUT2D eigenvalue weighted by molar-refractivity contribution is -0.384. The van der Waals surface area contributed by atoms with Gasteiger partial charge in [-0.1, -0.05) is 0 Å². The van der Waals surface area contributed by atoms with Crippen LogP contribution < -0.4 is 0 Å². The smallest absolute Gasteiger partial charge is 0.269 e. The first-order chi connectivity index (χ1) is 12.0. The number of halogens is 2. The molecule has 0 bridgehead atoms. The molecule has 0 radical (unpaired) electrons. The fourth-order valence-electron chi connectivity index (χ4n) is 2.27. The molecule has 0 spiro atoms. The normalized spacial score (nSPS) is 11.2. The van der Waals surface area contributed by atoms with Crippen molar-refractivity contribution in [2.45, 2.75) is 0 Å². The van der Waals surface area contributed by atoms with Gasteiger partial charge in [-0.25, -0.2) is 8.78 Å². The van der Waals surface area contributed by atoms with Crippen LogP contribution in [-0.4, -0.2) is 19.7 Å². The molecule has 0 aliphatic rings. The van der Waals surface area contributed by atoms with Crippen LogP contribution in [0, 0.1) is 21.7 Å². The number of aromatic nitrogens is 3. The van der Waals surface area contributed by atoms with Gasteiger partial charge in [0.2, 0.25) is 0 Å². The summed E-state index contributed by atoms with van der Waals surface area (Å²) in [6.07, 6.45) is 3.02. The van der Waals surface area contributed by atoms with Crippen molar-refractivity contribution in [3.8, 4) is 11.4 Å². The molecule has 126 valence electrons. The Kier molecular flexibility index (Phi) is 4.34. The van der Waals surface area contributed by atoms with Crippen LogP contribution in [-0.2, 0) is 7.05 Å². The van der Waals surface area contributed by atoms with Gasteiger partial charge in [-0.15, -0.1) is 10.2 Å². The minimum Gasteiger partial charge on any atom is -0.311 e. The van der Waals surface area contributed by atoms with Crippen LogP contribution in [0.4, 0.5) is 14.5 Å². The highest BCUT2D eigenvalue weighted by molar-refractivity contribution is 5.68. The summed E-state index contributed by atoms with van der Waals surface area (Å²) >= 11 is 0. The lowest BCUT2D eigenvalue weighted by Gasteiger charge is -2.02. The summed E-state index contributed by atoms with van der Waals surface area (Å²) < 4.78 is 28.2. The second-order valence-electron chi connectivity index (χ2n) is 5.24. The second kappa shape index (κ2) is 6.60. The highest BCUT2D eigenvalue weighted by Gasteiger charge is 2.11. The van der Waals surface area contributed by atoms with Gasteiger partial charge in [0.1, 0.15) is 11.6 Å². The van der Waals surface area contributed by atoms with Gasteiger partial charge in [-0.3, -0.25) is 10.1 Å². The van der Waals surface area contributed by atoms with Crippen molar-refractivity contribution < 1.29 is 13.7 Å². The van der Waals surface area contributed by atoms with Crippen LogP contribution in [0.5, 0.6) is 0 Å². The minimum absolute atomic E-state index is 0.0159. The van der Waals surface area contributed by atoms with E-state index in [1.165, 1.54) is 30.3 Å². The van der Waals surface area contributed by atoms with Gasteiger partial charge >= 0.3 is 0 Å². The molecule has 25 heavy (non-hydrogen) atoms. The van der Waals surface area contributed by atoms with E-state index < -0.39 is 16.6 Å². The Morgan fingerprint density at radius 1 is 1.08 bits per heavy atom. The van der Waals surface area contributed by atoms with E-state index in [4.69, 9.17) is 0 Å². The Morgan fingerprint density at radius 2 is 1.80 bits per heavy atom. The van der Waals surface area contributed by atoms with E-state index in [0.717, 1.165) is 6.07 Å². The molecule has 0 saturated carbocycles. The highest BCUT2D eigenvalue weighted by atomic mass is 19.1. The summed E-state index contributed by atoms with van der Waals surface area (Å²) in [6, 6.07) is 9.22. The second-order valence-corrected chi connectivity index (χ2v) is 5.24. The monoisotopic (exact) mass is 342 g/mol. The quantitative estimate of drug-likeness (QED) is 0.533. The zero-order valence-electron chi connectivity index (χ0n) is 13.1. The molecule has 2 aromatic carbocycles. The van der Waals surface area contributed by atoms with Crippen molar-refractivity contribution in [2.75, 3.05) is 0 Å². The summed E-state index contributed by atoms with van der Waals surface area (Å²) in [7, 11) is 1.72. The molecule has 0 amide bonds. The summed E-state index contributed by atoms with van der Waals surface area (Å²) in [4.78, 5) is 10.2. The molecule has 6 nitrogen and oxygen atoms in total. The van der Waals surface area contributed by atoms with Gasteiger partial charge in [-0.2, -0.15) is 0 Å². The fourth-order valence-corrected chi connectivity index (χ4v) is 2.27. The Labute approximate surface area is 141 Å². The third-order valence-corrected chi connectivity index (χ3v) is 3.62. The molecule has 3 rings (SSSR count). The number of nitro benzene ring substituents is 1. The molecule has 0 atom stereocenters. The predicted molar refractivity (Wildman–Crippen MR) is 88.4 cm³/mol. The lowest BCUT2D eigenvalue weighted by Crippen LogP contribution is -1.96. The first-order valence-corrected chi connectivity index (χ1v) is 7.23. The number of hydrogen-bond donors (Lipinski definition) is 0. The van der Waals surface area contributed by atoms with E-state index in [0.29, 0.717) is 17.2 Å². The van der Waals surface area contributed by atoms with Crippen molar-refractivity contribution in [2.24, 2.45) is 7.05 Å². The Bertz CT molecular complexity index is 965. The molecule has 0 saturated heterocycles. The van der Waals surface area contributed by atoms with E-state index in [1.807, 2.05) is 0 Å². The van der Waals surface area contributed by atoms with E-state index >= 15 is 0 Å². The summed E-state index contributed by atoms with van der Waals surface area (Å²) in [5.74, 6) is -0.353. The average Bonchev–Trinajstić information content (AvgIpc) is 2.95. The first-order valence-electron chi connectivity index (χ1n) is 7.23. The Balaban J connectivity index is 1.88. The molecule has 0 N–H and O–H groups in total. The van der Waals surface area contributed by atoms with E-state index in [9.17, 15) is 18.9 Å². The third-order valence-electron chi connectivity index (χ3n) is 3.62. The first kappa shape index (κ1) is 16.4. The molecular weight excluding hydrogens is 330 g/mol. The van der Waals surface area contributed by atoms with E-state index in [-0.39, 0.29) is 11.3 Å². The topological polar surface area (TPSA) is 73.8 Å². The van der Waals surface area contributed by atoms with Crippen LogP contribution in [0.1, 0.15) is 11.4 Å². The van der Waals surface area contributed by atoms with Crippen molar-refractivity contribution in [3.05, 3.63) is 75.6 Å². The fraction of sp³-hybridized carbons (Fsp3) is 0.0588. The molecule has 0 unspecified atom stereocenters. The standard InChI is InChI=1S/C17H12F2N4O2/c1-22-16(9-5-11-2-6-13(18)10-15(11)19)20-21-17(22)12-3-7-14(8-4-12)23(24)25/h2-10H,1H3/b9-5+. The van der Waals surface area contributed by atoms with Crippen molar-refractivity contribution in [1.29, 1.82) is 0 Å². The van der Waals surface area contributed by atoms with Gasteiger partial charge in [0.05, 0.1) is 4.92 Å². The van der Waals surface area contributed by atoms with Gasteiger partial charge in [0.15, 0.2) is 11.6 Å². The molecule has 0 aliphatic heterocycles. The van der Waals surface area contributed by atoms with Crippen LogP contribution >= 0.6 is 0 Å². The SMILES string of the molecule is Cn1c(/C=C/c2ccc(F)cc2F)nnc1-c1ccc([N+](=O)[O-])cc1. The molecule has 8 heteroatoms. The van der Waals surface area contributed by atoms with Crippen LogP contribution in [0.2, 0.25) is 0 Å². The molecule has 0 fully saturated rings. The molecule has 3 aromatic rings. The van der Waals surface area contributed by atoms with Crippen molar-refractivity contribution >= 4 is 17.8 Å².